The van der Waals surface area contributed by atoms with E-state index in [2.05, 4.69) is 11.7 Å². The van der Waals surface area contributed by atoms with Gasteiger partial charge in [0, 0.05) is 5.75 Å². The topological polar surface area (TPSA) is 46.5 Å². The SMILES string of the molecule is CCCCCCCCCCCC(O)CCSCCC(=O)OC. The largest absolute Gasteiger partial charge is 0.469 e. The van der Waals surface area contributed by atoms with Gasteiger partial charge >= 0.3 is 5.97 Å². The van der Waals surface area contributed by atoms with Crippen molar-refractivity contribution in [3.8, 4) is 0 Å². The van der Waals surface area contributed by atoms with Crippen LogP contribution in [0.3, 0.4) is 0 Å². The zero-order valence-electron chi connectivity index (χ0n) is 14.6. The number of unbranched alkanes of at least 4 members (excludes halogenated alkanes) is 8. The molecular weight excluding hydrogens is 296 g/mol. The average molecular weight is 333 g/mol. The number of ether oxygens (including phenoxy) is 1. The molecule has 0 aromatic rings. The molecule has 0 aliphatic heterocycles. The smallest absolute Gasteiger partial charge is 0.306 e. The normalized spacial score (nSPS) is 12.3. The molecule has 0 bridgehead atoms. The van der Waals surface area contributed by atoms with E-state index < -0.39 is 0 Å². The van der Waals surface area contributed by atoms with Crippen molar-refractivity contribution < 1.29 is 14.6 Å². The van der Waals surface area contributed by atoms with E-state index in [1.807, 2.05) is 0 Å². The Labute approximate surface area is 141 Å². The second-order valence-corrected chi connectivity index (χ2v) is 7.22. The highest BCUT2D eigenvalue weighted by Gasteiger charge is 2.05. The van der Waals surface area contributed by atoms with Crippen LogP contribution in [-0.4, -0.2) is 35.8 Å². The van der Waals surface area contributed by atoms with Crippen LogP contribution in [0.25, 0.3) is 0 Å². The van der Waals surface area contributed by atoms with Crippen LogP contribution in [0.5, 0.6) is 0 Å². The maximum absolute atomic E-state index is 10.9. The van der Waals surface area contributed by atoms with Gasteiger partial charge in [0.25, 0.3) is 0 Å². The molecule has 3 nitrogen and oxygen atoms in total. The summed E-state index contributed by atoms with van der Waals surface area (Å²) < 4.78 is 4.59. The van der Waals surface area contributed by atoms with Gasteiger partial charge in [0.15, 0.2) is 0 Å². The third-order valence-corrected chi connectivity index (χ3v) is 4.93. The van der Waals surface area contributed by atoms with Gasteiger partial charge in [-0.3, -0.25) is 4.79 Å². The van der Waals surface area contributed by atoms with Crippen LogP contribution in [0, 0.1) is 0 Å². The number of hydrogen-bond donors (Lipinski definition) is 1. The molecule has 22 heavy (non-hydrogen) atoms. The Hall–Kier alpha value is -0.220. The van der Waals surface area contributed by atoms with Gasteiger partial charge in [0.1, 0.15) is 0 Å². The monoisotopic (exact) mass is 332 g/mol. The Morgan fingerprint density at radius 2 is 1.55 bits per heavy atom. The molecule has 0 rings (SSSR count). The van der Waals surface area contributed by atoms with Crippen LogP contribution in [0.4, 0.5) is 0 Å². The fraction of sp³-hybridized carbons (Fsp3) is 0.944. The Balaban J connectivity index is 3.19. The highest BCUT2D eigenvalue weighted by Crippen LogP contribution is 2.14. The summed E-state index contributed by atoms with van der Waals surface area (Å²) in [6, 6.07) is 0. The van der Waals surface area contributed by atoms with Crippen LogP contribution >= 0.6 is 11.8 Å². The lowest BCUT2D eigenvalue weighted by molar-refractivity contribution is -0.140. The summed E-state index contributed by atoms with van der Waals surface area (Å²) in [7, 11) is 1.42. The van der Waals surface area contributed by atoms with E-state index in [-0.39, 0.29) is 12.1 Å². The molecule has 0 aromatic heterocycles. The first-order chi connectivity index (χ1) is 10.7. The van der Waals surface area contributed by atoms with E-state index >= 15 is 0 Å². The number of aliphatic hydroxyl groups excluding tert-OH is 1. The summed E-state index contributed by atoms with van der Waals surface area (Å²) in [5.41, 5.74) is 0. The first-order valence-electron chi connectivity index (χ1n) is 9.03. The van der Waals surface area contributed by atoms with Crippen molar-refractivity contribution in [2.24, 2.45) is 0 Å². The minimum absolute atomic E-state index is 0.150. The number of esters is 1. The van der Waals surface area contributed by atoms with Crippen LogP contribution in [0.2, 0.25) is 0 Å². The Morgan fingerprint density at radius 3 is 2.14 bits per heavy atom. The maximum atomic E-state index is 10.9. The number of carbonyl (C=O) groups excluding carboxylic acids is 1. The van der Waals surface area contributed by atoms with Gasteiger partial charge in [0.05, 0.1) is 19.6 Å². The summed E-state index contributed by atoms with van der Waals surface area (Å²) in [4.78, 5) is 10.9. The molecule has 0 aliphatic carbocycles. The van der Waals surface area contributed by atoms with Gasteiger partial charge in [0.2, 0.25) is 0 Å². The van der Waals surface area contributed by atoms with Crippen LogP contribution < -0.4 is 0 Å². The van der Waals surface area contributed by atoms with E-state index in [1.165, 1.54) is 58.5 Å². The summed E-state index contributed by atoms with van der Waals surface area (Å²) in [5, 5.41) is 9.90. The number of thioether (sulfide) groups is 1. The van der Waals surface area contributed by atoms with Crippen molar-refractivity contribution in [1.29, 1.82) is 0 Å². The number of aliphatic hydroxyl groups is 1. The molecule has 132 valence electrons. The molecule has 0 saturated carbocycles. The van der Waals surface area contributed by atoms with Gasteiger partial charge < -0.3 is 9.84 Å². The lowest BCUT2D eigenvalue weighted by Gasteiger charge is -2.10. The molecule has 4 heteroatoms. The lowest BCUT2D eigenvalue weighted by atomic mass is 10.0. The molecule has 0 heterocycles. The fourth-order valence-corrected chi connectivity index (χ4v) is 3.37. The number of carbonyl (C=O) groups is 1. The Morgan fingerprint density at radius 1 is 0.955 bits per heavy atom. The van der Waals surface area contributed by atoms with Crippen LogP contribution in [0.15, 0.2) is 0 Å². The van der Waals surface area contributed by atoms with Gasteiger partial charge in [-0.15, -0.1) is 0 Å². The highest BCUT2D eigenvalue weighted by atomic mass is 32.2. The van der Waals surface area contributed by atoms with E-state index in [9.17, 15) is 9.90 Å². The second kappa shape index (κ2) is 17.1. The highest BCUT2D eigenvalue weighted by molar-refractivity contribution is 7.99. The van der Waals surface area contributed by atoms with E-state index in [0.717, 1.165) is 30.8 Å². The first-order valence-corrected chi connectivity index (χ1v) is 10.2. The zero-order chi connectivity index (χ0) is 16.5. The number of methoxy groups -OCH3 is 1. The Kier molecular flexibility index (Phi) is 17.0. The molecule has 1 N–H and O–H groups in total. The van der Waals surface area contributed by atoms with Crippen molar-refractivity contribution >= 4 is 17.7 Å². The van der Waals surface area contributed by atoms with E-state index in [0.29, 0.717) is 6.42 Å². The standard InChI is InChI=1S/C18H36O3S/c1-3-4-5-6-7-8-9-10-11-12-17(19)13-15-22-16-14-18(20)21-2/h17,19H,3-16H2,1-2H3. The van der Waals surface area contributed by atoms with Crippen LogP contribution in [-0.2, 0) is 9.53 Å². The number of rotatable bonds is 16. The van der Waals surface area contributed by atoms with Crippen molar-refractivity contribution in [1.82, 2.24) is 0 Å². The maximum Gasteiger partial charge on any atom is 0.306 e. The summed E-state index contributed by atoms with van der Waals surface area (Å²) in [5.74, 6) is 1.57. The third-order valence-electron chi connectivity index (χ3n) is 3.91. The van der Waals surface area contributed by atoms with Gasteiger partial charge in [-0.2, -0.15) is 11.8 Å². The summed E-state index contributed by atoms with van der Waals surface area (Å²) in [6.07, 6.45) is 14.0. The predicted octanol–water partition coefficient (Wildman–Crippen LogP) is 4.95. The molecular formula is C18H36O3S. The predicted molar refractivity (Wildman–Crippen MR) is 96.4 cm³/mol. The van der Waals surface area contributed by atoms with Gasteiger partial charge in [-0.1, -0.05) is 64.7 Å². The van der Waals surface area contributed by atoms with Crippen LogP contribution in [0.1, 0.15) is 84.0 Å². The van der Waals surface area contributed by atoms with Crippen molar-refractivity contribution in [3.63, 3.8) is 0 Å². The van der Waals surface area contributed by atoms with Crippen molar-refractivity contribution in [2.75, 3.05) is 18.6 Å². The summed E-state index contributed by atoms with van der Waals surface area (Å²) in [6.45, 7) is 2.25. The van der Waals surface area contributed by atoms with E-state index in [1.54, 1.807) is 11.8 Å². The number of hydrogen-bond acceptors (Lipinski definition) is 4. The van der Waals surface area contributed by atoms with Crippen molar-refractivity contribution in [2.45, 2.75) is 90.1 Å². The second-order valence-electron chi connectivity index (χ2n) is 6.00. The molecule has 1 atom stereocenters. The minimum Gasteiger partial charge on any atom is -0.469 e. The Bertz CT molecular complexity index is 246. The van der Waals surface area contributed by atoms with Crippen molar-refractivity contribution in [3.05, 3.63) is 0 Å². The zero-order valence-corrected chi connectivity index (χ0v) is 15.5. The molecule has 0 aliphatic rings. The first kappa shape index (κ1) is 21.8. The quantitative estimate of drug-likeness (QED) is 0.321. The molecule has 0 amide bonds. The van der Waals surface area contributed by atoms with Gasteiger partial charge in [-0.25, -0.2) is 0 Å². The molecule has 0 aromatic carbocycles. The molecule has 0 radical (unpaired) electrons. The minimum atomic E-state index is -0.171. The van der Waals surface area contributed by atoms with Gasteiger partial charge in [-0.05, 0) is 18.6 Å². The molecule has 0 spiro atoms. The molecule has 1 unspecified atom stereocenters. The molecule has 0 fully saturated rings. The summed E-state index contributed by atoms with van der Waals surface area (Å²) >= 11 is 1.72. The lowest BCUT2D eigenvalue weighted by Crippen LogP contribution is -2.08. The fourth-order valence-electron chi connectivity index (χ4n) is 2.41. The van der Waals surface area contributed by atoms with E-state index in [4.69, 9.17) is 0 Å². The molecule has 0 saturated heterocycles. The third kappa shape index (κ3) is 16.2. The average Bonchev–Trinajstić information content (AvgIpc) is 2.52.